The number of halogens is 2. The molecule has 2 rings (SSSR count). The summed E-state index contributed by atoms with van der Waals surface area (Å²) in [5.74, 6) is -3.15. The molecule has 2 aromatic carbocycles. The van der Waals surface area contributed by atoms with Gasteiger partial charge in [0, 0.05) is 0 Å². The molecule has 0 N–H and O–H groups in total. The van der Waals surface area contributed by atoms with Gasteiger partial charge in [-0.25, -0.2) is 13.6 Å². The fourth-order valence-corrected chi connectivity index (χ4v) is 1.76. The van der Waals surface area contributed by atoms with Gasteiger partial charge >= 0.3 is 5.97 Å². The molecule has 0 bridgehead atoms. The second kappa shape index (κ2) is 6.83. The average molecular weight is 292 g/mol. The molecule has 110 valence electrons. The smallest absolute Gasteiger partial charge is 0.338 e. The van der Waals surface area contributed by atoms with Crippen molar-refractivity contribution in [3.8, 4) is 5.75 Å². The third-order valence-electron chi connectivity index (χ3n) is 2.74. The SMILES string of the molecule is CCOC(=O)c1cc(F)c(OCc2ccccc2)c(F)c1. The monoisotopic (exact) mass is 292 g/mol. The number of ether oxygens (including phenoxy) is 2. The highest BCUT2D eigenvalue weighted by Gasteiger charge is 2.17. The summed E-state index contributed by atoms with van der Waals surface area (Å²) in [7, 11) is 0. The van der Waals surface area contributed by atoms with Gasteiger partial charge in [-0.2, -0.15) is 0 Å². The van der Waals surface area contributed by atoms with E-state index in [-0.39, 0.29) is 18.8 Å². The van der Waals surface area contributed by atoms with Gasteiger partial charge in [0.15, 0.2) is 17.4 Å². The van der Waals surface area contributed by atoms with Crippen LogP contribution in [0.3, 0.4) is 0 Å². The zero-order valence-corrected chi connectivity index (χ0v) is 11.4. The highest BCUT2D eigenvalue weighted by molar-refractivity contribution is 5.89. The van der Waals surface area contributed by atoms with Crippen LogP contribution in [-0.4, -0.2) is 12.6 Å². The Labute approximate surface area is 121 Å². The van der Waals surface area contributed by atoms with Crippen LogP contribution in [0.15, 0.2) is 42.5 Å². The first-order valence-corrected chi connectivity index (χ1v) is 6.44. The van der Waals surface area contributed by atoms with E-state index in [4.69, 9.17) is 9.47 Å². The van der Waals surface area contributed by atoms with Crippen LogP contribution in [0.5, 0.6) is 5.75 Å². The van der Waals surface area contributed by atoms with Crippen LogP contribution in [-0.2, 0) is 11.3 Å². The molecule has 0 fully saturated rings. The Balaban J connectivity index is 2.15. The van der Waals surface area contributed by atoms with E-state index in [0.29, 0.717) is 0 Å². The van der Waals surface area contributed by atoms with E-state index in [9.17, 15) is 13.6 Å². The van der Waals surface area contributed by atoms with Crippen LogP contribution in [0.2, 0.25) is 0 Å². The molecular formula is C16H14F2O3. The van der Waals surface area contributed by atoms with E-state index in [0.717, 1.165) is 17.7 Å². The minimum atomic E-state index is -0.936. The topological polar surface area (TPSA) is 35.5 Å². The van der Waals surface area contributed by atoms with Gasteiger partial charge in [-0.3, -0.25) is 0 Å². The highest BCUT2D eigenvalue weighted by atomic mass is 19.1. The lowest BCUT2D eigenvalue weighted by Crippen LogP contribution is -2.07. The molecule has 0 saturated heterocycles. The van der Waals surface area contributed by atoms with Gasteiger partial charge in [-0.1, -0.05) is 30.3 Å². The van der Waals surface area contributed by atoms with Crippen LogP contribution in [0.25, 0.3) is 0 Å². The summed E-state index contributed by atoms with van der Waals surface area (Å²) in [6.45, 7) is 1.78. The molecule has 21 heavy (non-hydrogen) atoms. The second-order valence-electron chi connectivity index (χ2n) is 4.26. The summed E-state index contributed by atoms with van der Waals surface area (Å²) < 4.78 is 37.5. The zero-order chi connectivity index (χ0) is 15.2. The number of hydrogen-bond acceptors (Lipinski definition) is 3. The van der Waals surface area contributed by atoms with Crippen molar-refractivity contribution >= 4 is 5.97 Å². The highest BCUT2D eigenvalue weighted by Crippen LogP contribution is 2.24. The first-order valence-electron chi connectivity index (χ1n) is 6.44. The summed E-state index contributed by atoms with van der Waals surface area (Å²) in [6, 6.07) is 10.8. The minimum Gasteiger partial charge on any atom is -0.483 e. The first-order chi connectivity index (χ1) is 10.1. The van der Waals surface area contributed by atoms with Crippen LogP contribution < -0.4 is 4.74 Å². The molecule has 0 radical (unpaired) electrons. The third-order valence-corrected chi connectivity index (χ3v) is 2.74. The van der Waals surface area contributed by atoms with Crippen LogP contribution in [0.4, 0.5) is 8.78 Å². The number of carbonyl (C=O) groups excluding carboxylic acids is 1. The minimum absolute atomic E-state index is 0.0352. The van der Waals surface area contributed by atoms with Gasteiger partial charge in [-0.15, -0.1) is 0 Å². The Bertz CT molecular complexity index is 604. The lowest BCUT2D eigenvalue weighted by Gasteiger charge is -2.10. The maximum atomic E-state index is 13.8. The Morgan fingerprint density at radius 1 is 1.10 bits per heavy atom. The summed E-state index contributed by atoms with van der Waals surface area (Å²) >= 11 is 0. The fourth-order valence-electron chi connectivity index (χ4n) is 1.76. The molecule has 0 heterocycles. The largest absolute Gasteiger partial charge is 0.483 e. The van der Waals surface area contributed by atoms with Crippen molar-refractivity contribution in [2.75, 3.05) is 6.61 Å². The molecule has 0 aliphatic heterocycles. The maximum absolute atomic E-state index is 13.8. The van der Waals surface area contributed by atoms with Gasteiger partial charge in [0.25, 0.3) is 0 Å². The summed E-state index contributed by atoms with van der Waals surface area (Å²) in [6.07, 6.45) is 0. The van der Waals surface area contributed by atoms with E-state index in [1.807, 2.05) is 6.07 Å². The molecule has 0 aliphatic rings. The predicted octanol–water partition coefficient (Wildman–Crippen LogP) is 3.72. The number of hydrogen-bond donors (Lipinski definition) is 0. The third kappa shape index (κ3) is 3.78. The molecule has 3 nitrogen and oxygen atoms in total. The number of benzene rings is 2. The molecule has 0 aromatic heterocycles. The van der Waals surface area contributed by atoms with Crippen molar-refractivity contribution in [2.45, 2.75) is 13.5 Å². The Morgan fingerprint density at radius 2 is 1.71 bits per heavy atom. The van der Waals surface area contributed by atoms with E-state index < -0.39 is 23.4 Å². The second-order valence-corrected chi connectivity index (χ2v) is 4.26. The molecule has 5 heteroatoms. The number of rotatable bonds is 5. The van der Waals surface area contributed by atoms with Gasteiger partial charge in [-0.05, 0) is 24.6 Å². The van der Waals surface area contributed by atoms with Gasteiger partial charge in [0.05, 0.1) is 12.2 Å². The summed E-state index contributed by atoms with van der Waals surface area (Å²) in [5.41, 5.74) is 0.602. The molecule has 0 unspecified atom stereocenters. The maximum Gasteiger partial charge on any atom is 0.338 e. The van der Waals surface area contributed by atoms with Crippen molar-refractivity contribution in [2.24, 2.45) is 0 Å². The molecule has 0 atom stereocenters. The zero-order valence-electron chi connectivity index (χ0n) is 11.4. The van der Waals surface area contributed by atoms with Crippen molar-refractivity contribution in [1.29, 1.82) is 0 Å². The quantitative estimate of drug-likeness (QED) is 0.788. The summed E-state index contributed by atoms with van der Waals surface area (Å²) in [4.78, 5) is 11.4. The van der Waals surface area contributed by atoms with Crippen LogP contribution in [0, 0.1) is 11.6 Å². The number of esters is 1. The molecular weight excluding hydrogens is 278 g/mol. The number of carbonyl (C=O) groups is 1. The fraction of sp³-hybridized carbons (Fsp3) is 0.188. The molecule has 2 aromatic rings. The van der Waals surface area contributed by atoms with E-state index >= 15 is 0 Å². The lowest BCUT2D eigenvalue weighted by atomic mass is 10.2. The van der Waals surface area contributed by atoms with Crippen LogP contribution >= 0.6 is 0 Å². The normalized spacial score (nSPS) is 10.2. The van der Waals surface area contributed by atoms with Crippen molar-refractivity contribution in [3.63, 3.8) is 0 Å². The molecule has 0 amide bonds. The van der Waals surface area contributed by atoms with Crippen molar-refractivity contribution < 1.29 is 23.0 Å². The first kappa shape index (κ1) is 15.0. The Kier molecular flexibility index (Phi) is 4.87. The Hall–Kier alpha value is -2.43. The Morgan fingerprint density at radius 3 is 2.29 bits per heavy atom. The molecule has 0 spiro atoms. The van der Waals surface area contributed by atoms with Crippen molar-refractivity contribution in [1.82, 2.24) is 0 Å². The van der Waals surface area contributed by atoms with E-state index in [1.54, 1.807) is 31.2 Å². The van der Waals surface area contributed by atoms with Gasteiger partial charge in [0.1, 0.15) is 6.61 Å². The predicted molar refractivity (Wildman–Crippen MR) is 73.1 cm³/mol. The van der Waals surface area contributed by atoms with Crippen LogP contribution in [0.1, 0.15) is 22.8 Å². The lowest BCUT2D eigenvalue weighted by molar-refractivity contribution is 0.0525. The standard InChI is InChI=1S/C16H14F2O3/c1-2-20-16(19)12-8-13(17)15(14(18)9-12)21-10-11-6-4-3-5-7-11/h3-9H,2,10H2,1H3. The van der Waals surface area contributed by atoms with E-state index in [1.165, 1.54) is 0 Å². The van der Waals surface area contributed by atoms with E-state index in [2.05, 4.69) is 0 Å². The molecule has 0 aliphatic carbocycles. The van der Waals surface area contributed by atoms with Crippen molar-refractivity contribution in [3.05, 3.63) is 65.2 Å². The van der Waals surface area contributed by atoms with Gasteiger partial charge in [0.2, 0.25) is 0 Å². The average Bonchev–Trinajstić information content (AvgIpc) is 2.47. The molecule has 0 saturated carbocycles. The summed E-state index contributed by atoms with van der Waals surface area (Å²) in [5, 5.41) is 0. The van der Waals surface area contributed by atoms with Gasteiger partial charge < -0.3 is 9.47 Å².